The van der Waals surface area contributed by atoms with Gasteiger partial charge in [0, 0.05) is 28.9 Å². The summed E-state index contributed by atoms with van der Waals surface area (Å²) in [6.07, 6.45) is 5.82. The molecule has 0 radical (unpaired) electrons. The largest absolute Gasteiger partial charge is 0.342 e. The molecule has 126 valence electrons. The molecule has 24 heavy (non-hydrogen) atoms. The fourth-order valence-electron chi connectivity index (χ4n) is 3.98. The molecule has 1 amide bonds. The average Bonchev–Trinajstić information content (AvgIpc) is 3.09. The van der Waals surface area contributed by atoms with Gasteiger partial charge in [-0.2, -0.15) is 9.78 Å². The maximum atomic E-state index is 12.6. The van der Waals surface area contributed by atoms with Gasteiger partial charge in [0.2, 0.25) is 0 Å². The fourth-order valence-corrected chi connectivity index (χ4v) is 4.11. The van der Waals surface area contributed by atoms with Crippen LogP contribution in [0, 0.1) is 5.92 Å². The first-order valence-electron chi connectivity index (χ1n) is 8.47. The van der Waals surface area contributed by atoms with Gasteiger partial charge >= 0.3 is 6.03 Å². The third kappa shape index (κ3) is 2.82. The van der Waals surface area contributed by atoms with Gasteiger partial charge in [0.1, 0.15) is 0 Å². The number of piperidine rings is 3. The van der Waals surface area contributed by atoms with E-state index in [1.54, 1.807) is 12.4 Å². The van der Waals surface area contributed by atoms with E-state index in [0.29, 0.717) is 17.0 Å². The number of amides is 1. The summed E-state index contributed by atoms with van der Waals surface area (Å²) >= 11 is 5.92. The number of carbonyl (C=O) groups excluding carboxylic acids is 1. The minimum Gasteiger partial charge on any atom is -0.332 e. The van der Waals surface area contributed by atoms with Crippen LogP contribution in [0.4, 0.5) is 4.79 Å². The van der Waals surface area contributed by atoms with Crippen LogP contribution < -0.4 is 5.32 Å². The number of rotatable bonds is 2. The van der Waals surface area contributed by atoms with Crippen LogP contribution in [0.1, 0.15) is 19.8 Å². The molecule has 1 aromatic carbocycles. The molecule has 3 fully saturated rings. The summed E-state index contributed by atoms with van der Waals surface area (Å²) in [5.74, 6) is 0.584. The van der Waals surface area contributed by atoms with Crippen LogP contribution in [0.5, 0.6) is 0 Å². The number of benzene rings is 1. The van der Waals surface area contributed by atoms with Gasteiger partial charge in [-0.15, -0.1) is 0 Å². The van der Waals surface area contributed by atoms with Crippen LogP contribution in [-0.2, 0) is 0 Å². The Balaban J connectivity index is 1.48. The van der Waals surface area contributed by atoms with E-state index in [0.717, 1.165) is 24.2 Å². The van der Waals surface area contributed by atoms with Crippen molar-refractivity contribution in [3.8, 4) is 11.1 Å². The minimum atomic E-state index is -0.152. The Morgan fingerprint density at radius 2 is 1.92 bits per heavy atom. The highest BCUT2D eigenvalue weighted by Gasteiger charge is 2.40. The molecular formula is C18H21ClN4O. The molecule has 0 saturated carbocycles. The van der Waals surface area contributed by atoms with Crippen molar-refractivity contribution in [2.24, 2.45) is 5.92 Å². The van der Waals surface area contributed by atoms with Crippen molar-refractivity contribution in [3.63, 3.8) is 0 Å². The van der Waals surface area contributed by atoms with E-state index in [1.807, 2.05) is 24.3 Å². The fraction of sp³-hybridized carbons (Fsp3) is 0.444. The molecule has 0 unspecified atom stereocenters. The van der Waals surface area contributed by atoms with Crippen molar-refractivity contribution in [3.05, 3.63) is 41.7 Å². The standard InChI is InChI=1S/C18H21ClN4O/c1-12-17(14-6-8-22(12)9-7-14)21-18(24)23-11-15(10-20-23)13-2-4-16(19)5-3-13/h2-5,10-12,14,17H,6-9H2,1H3,(H,21,24)/t12-,17-/m0/s1. The molecule has 6 heteroatoms. The van der Waals surface area contributed by atoms with Gasteiger partial charge in [-0.3, -0.25) is 4.90 Å². The molecular weight excluding hydrogens is 324 g/mol. The molecule has 2 aromatic rings. The van der Waals surface area contributed by atoms with Crippen LogP contribution in [0.25, 0.3) is 11.1 Å². The summed E-state index contributed by atoms with van der Waals surface area (Å²) in [5.41, 5.74) is 1.90. The van der Waals surface area contributed by atoms with Crippen molar-refractivity contribution in [2.45, 2.75) is 31.8 Å². The molecule has 0 aliphatic carbocycles. The molecule has 5 nitrogen and oxygen atoms in total. The van der Waals surface area contributed by atoms with Crippen molar-refractivity contribution < 1.29 is 4.79 Å². The summed E-state index contributed by atoms with van der Waals surface area (Å²) < 4.78 is 1.40. The number of aromatic nitrogens is 2. The van der Waals surface area contributed by atoms with E-state index < -0.39 is 0 Å². The highest BCUT2D eigenvalue weighted by molar-refractivity contribution is 6.30. The number of halogens is 1. The Kier molecular flexibility index (Phi) is 4.06. The van der Waals surface area contributed by atoms with Crippen molar-refractivity contribution in [2.75, 3.05) is 13.1 Å². The highest BCUT2D eigenvalue weighted by atomic mass is 35.5. The Labute approximate surface area is 146 Å². The second-order valence-corrected chi connectivity index (χ2v) is 7.21. The summed E-state index contributed by atoms with van der Waals surface area (Å²) in [6, 6.07) is 7.98. The third-order valence-electron chi connectivity index (χ3n) is 5.44. The molecule has 3 aliphatic heterocycles. The predicted octanol–water partition coefficient (Wildman–Crippen LogP) is 3.24. The first-order valence-corrected chi connectivity index (χ1v) is 8.85. The maximum absolute atomic E-state index is 12.6. The van der Waals surface area contributed by atoms with Crippen LogP contribution in [0.15, 0.2) is 36.7 Å². The van der Waals surface area contributed by atoms with E-state index in [1.165, 1.54) is 17.5 Å². The lowest BCUT2D eigenvalue weighted by Gasteiger charge is -2.49. The van der Waals surface area contributed by atoms with Gasteiger partial charge in [0.05, 0.1) is 6.20 Å². The molecule has 3 aliphatic rings. The van der Waals surface area contributed by atoms with Gasteiger partial charge in [0.15, 0.2) is 0 Å². The van der Waals surface area contributed by atoms with Gasteiger partial charge in [-0.25, -0.2) is 4.79 Å². The van der Waals surface area contributed by atoms with Crippen molar-refractivity contribution >= 4 is 17.6 Å². The summed E-state index contributed by atoms with van der Waals surface area (Å²) in [4.78, 5) is 15.0. The van der Waals surface area contributed by atoms with Gasteiger partial charge in [-0.1, -0.05) is 23.7 Å². The zero-order chi connectivity index (χ0) is 16.7. The summed E-state index contributed by atoms with van der Waals surface area (Å²) in [6.45, 7) is 4.51. The second kappa shape index (κ2) is 6.22. The van der Waals surface area contributed by atoms with Crippen LogP contribution >= 0.6 is 11.6 Å². The van der Waals surface area contributed by atoms with E-state index in [9.17, 15) is 4.79 Å². The lowest BCUT2D eigenvalue weighted by atomic mass is 9.79. The summed E-state index contributed by atoms with van der Waals surface area (Å²) in [7, 11) is 0. The average molecular weight is 345 g/mol. The SMILES string of the molecule is C[C@H]1[C@H](NC(=O)n2cc(-c3ccc(Cl)cc3)cn2)C2CCN1CC2. The molecule has 1 N–H and O–H groups in total. The zero-order valence-corrected chi connectivity index (χ0v) is 14.4. The quantitative estimate of drug-likeness (QED) is 0.909. The topological polar surface area (TPSA) is 50.2 Å². The molecule has 3 saturated heterocycles. The normalized spacial score (nSPS) is 28.8. The Bertz CT molecular complexity index is 732. The summed E-state index contributed by atoms with van der Waals surface area (Å²) in [5, 5.41) is 8.11. The molecule has 5 rings (SSSR count). The molecule has 2 atom stereocenters. The number of hydrogen-bond donors (Lipinski definition) is 1. The molecule has 4 heterocycles. The van der Waals surface area contributed by atoms with E-state index in [-0.39, 0.29) is 12.1 Å². The van der Waals surface area contributed by atoms with E-state index in [2.05, 4.69) is 22.2 Å². The first kappa shape index (κ1) is 15.7. The maximum Gasteiger partial charge on any atom is 0.342 e. The Morgan fingerprint density at radius 1 is 1.21 bits per heavy atom. The number of carbonyl (C=O) groups is 1. The van der Waals surface area contributed by atoms with Gasteiger partial charge in [-0.05, 0) is 56.5 Å². The van der Waals surface area contributed by atoms with Crippen molar-refractivity contribution in [1.29, 1.82) is 0 Å². The third-order valence-corrected chi connectivity index (χ3v) is 5.69. The smallest absolute Gasteiger partial charge is 0.332 e. The highest BCUT2D eigenvalue weighted by Crippen LogP contribution is 2.32. The van der Waals surface area contributed by atoms with Gasteiger partial charge < -0.3 is 5.32 Å². The number of nitrogens with zero attached hydrogens (tertiary/aromatic N) is 3. The Hall–Kier alpha value is -1.85. The predicted molar refractivity (Wildman–Crippen MR) is 94.1 cm³/mol. The van der Waals surface area contributed by atoms with Crippen molar-refractivity contribution in [1.82, 2.24) is 20.0 Å². The van der Waals surface area contributed by atoms with Crippen LogP contribution in [0.2, 0.25) is 5.02 Å². The Morgan fingerprint density at radius 3 is 2.58 bits per heavy atom. The zero-order valence-electron chi connectivity index (χ0n) is 13.7. The lowest BCUT2D eigenvalue weighted by Crippen LogP contribution is -2.62. The minimum absolute atomic E-state index is 0.152. The molecule has 0 spiro atoms. The lowest BCUT2D eigenvalue weighted by molar-refractivity contribution is 0.0266. The second-order valence-electron chi connectivity index (χ2n) is 6.77. The number of fused-ring (bicyclic) bond motifs is 3. The monoisotopic (exact) mass is 344 g/mol. The van der Waals surface area contributed by atoms with Gasteiger partial charge in [0.25, 0.3) is 0 Å². The van der Waals surface area contributed by atoms with E-state index in [4.69, 9.17) is 11.6 Å². The molecule has 1 aromatic heterocycles. The number of hydrogen-bond acceptors (Lipinski definition) is 3. The van der Waals surface area contributed by atoms with Crippen LogP contribution in [-0.4, -0.2) is 45.9 Å². The first-order chi connectivity index (χ1) is 11.6. The van der Waals surface area contributed by atoms with Crippen LogP contribution in [0.3, 0.4) is 0 Å². The van der Waals surface area contributed by atoms with E-state index >= 15 is 0 Å². The number of nitrogens with one attached hydrogen (secondary N) is 1. The molecule has 2 bridgehead atoms.